The molecule has 0 aliphatic heterocycles. The van der Waals surface area contributed by atoms with E-state index in [0.717, 1.165) is 24.3 Å². The van der Waals surface area contributed by atoms with Crippen LogP contribution in [-0.2, 0) is 0 Å². The number of nitrogens with zero attached hydrogens (tertiary/aromatic N) is 3. The lowest BCUT2D eigenvalue weighted by Crippen LogP contribution is -2.51. The van der Waals surface area contributed by atoms with E-state index in [0.29, 0.717) is 6.54 Å². The summed E-state index contributed by atoms with van der Waals surface area (Å²) in [5, 5.41) is 7.56. The number of hydrogen-bond acceptors (Lipinski definition) is 4. The van der Waals surface area contributed by atoms with Gasteiger partial charge in [-0.2, -0.15) is 5.10 Å². The molecule has 2 aromatic heterocycles. The number of nitrogens with one attached hydrogen (secondary N) is 1. The summed E-state index contributed by atoms with van der Waals surface area (Å²) in [5.74, 6) is 0.887. The average Bonchev–Trinajstić information content (AvgIpc) is 2.70. The van der Waals surface area contributed by atoms with Gasteiger partial charge in [0.05, 0.1) is 11.7 Å². The zero-order chi connectivity index (χ0) is 11.0. The molecule has 3 N–H and O–H groups in total. The molecule has 0 aromatic carbocycles. The van der Waals surface area contributed by atoms with Crippen LogP contribution in [0.25, 0.3) is 5.65 Å². The summed E-state index contributed by atoms with van der Waals surface area (Å²) in [6.45, 7) is 0.666. The van der Waals surface area contributed by atoms with E-state index >= 15 is 0 Å². The van der Waals surface area contributed by atoms with Crippen molar-refractivity contribution in [2.45, 2.75) is 24.8 Å². The van der Waals surface area contributed by atoms with Gasteiger partial charge in [0, 0.05) is 18.8 Å². The van der Waals surface area contributed by atoms with Gasteiger partial charge in [-0.3, -0.25) is 0 Å². The van der Waals surface area contributed by atoms with Crippen molar-refractivity contribution >= 4 is 11.5 Å². The van der Waals surface area contributed by atoms with Crippen LogP contribution in [0.1, 0.15) is 19.3 Å². The maximum absolute atomic E-state index is 5.80. The summed E-state index contributed by atoms with van der Waals surface area (Å²) in [4.78, 5) is 4.48. The van der Waals surface area contributed by atoms with Crippen molar-refractivity contribution in [3.63, 3.8) is 0 Å². The van der Waals surface area contributed by atoms with Gasteiger partial charge in [-0.05, 0) is 25.3 Å². The Morgan fingerprint density at radius 1 is 1.44 bits per heavy atom. The first kappa shape index (κ1) is 9.59. The zero-order valence-corrected chi connectivity index (χ0v) is 9.06. The molecule has 5 nitrogen and oxygen atoms in total. The summed E-state index contributed by atoms with van der Waals surface area (Å²) in [6, 6.07) is 3.83. The van der Waals surface area contributed by atoms with Crippen LogP contribution in [0.4, 0.5) is 5.82 Å². The van der Waals surface area contributed by atoms with Crippen LogP contribution in [0.15, 0.2) is 24.5 Å². The van der Waals surface area contributed by atoms with Crippen LogP contribution < -0.4 is 11.1 Å². The molecular weight excluding hydrogens is 202 g/mol. The molecule has 0 saturated heterocycles. The SMILES string of the molecule is NCC1(Nc2ccn3nccc3n2)CCC1. The number of fused-ring (bicyclic) bond motifs is 1. The molecule has 0 spiro atoms. The highest BCUT2D eigenvalue weighted by Gasteiger charge is 2.35. The van der Waals surface area contributed by atoms with E-state index in [2.05, 4.69) is 15.4 Å². The minimum atomic E-state index is 0.0748. The topological polar surface area (TPSA) is 68.2 Å². The molecule has 0 bridgehead atoms. The van der Waals surface area contributed by atoms with Gasteiger partial charge in [-0.1, -0.05) is 0 Å². The van der Waals surface area contributed by atoms with Crippen LogP contribution in [0.2, 0.25) is 0 Å². The fourth-order valence-electron chi connectivity index (χ4n) is 2.14. The van der Waals surface area contributed by atoms with Crippen molar-refractivity contribution < 1.29 is 0 Å². The standard InChI is InChI=1S/C11H15N5/c12-8-11(4-1-5-11)15-9-3-7-16-10(14-9)2-6-13-16/h2-3,6-7H,1,4-5,8,12H2,(H,14,15). The number of rotatable bonds is 3. The summed E-state index contributed by atoms with van der Waals surface area (Å²) >= 11 is 0. The highest BCUT2D eigenvalue weighted by Crippen LogP contribution is 2.33. The van der Waals surface area contributed by atoms with E-state index < -0.39 is 0 Å². The number of aromatic nitrogens is 3. The lowest BCUT2D eigenvalue weighted by Gasteiger charge is -2.42. The van der Waals surface area contributed by atoms with Crippen molar-refractivity contribution in [2.75, 3.05) is 11.9 Å². The summed E-state index contributed by atoms with van der Waals surface area (Å²) in [7, 11) is 0. The molecular formula is C11H15N5. The lowest BCUT2D eigenvalue weighted by molar-refractivity contribution is 0.286. The van der Waals surface area contributed by atoms with Gasteiger partial charge < -0.3 is 11.1 Å². The van der Waals surface area contributed by atoms with Crippen molar-refractivity contribution in [1.82, 2.24) is 14.6 Å². The molecule has 0 amide bonds. The fraction of sp³-hybridized carbons (Fsp3) is 0.455. The zero-order valence-electron chi connectivity index (χ0n) is 9.06. The van der Waals surface area contributed by atoms with E-state index in [1.54, 1.807) is 10.7 Å². The highest BCUT2D eigenvalue weighted by atomic mass is 15.2. The third-order valence-corrected chi connectivity index (χ3v) is 3.35. The van der Waals surface area contributed by atoms with E-state index in [-0.39, 0.29) is 5.54 Å². The second kappa shape index (κ2) is 3.45. The predicted octanol–water partition coefficient (Wildman–Crippen LogP) is 1.02. The second-order valence-corrected chi connectivity index (χ2v) is 4.41. The molecule has 2 aromatic rings. The molecule has 84 valence electrons. The number of nitrogens with two attached hydrogens (primary N) is 1. The molecule has 16 heavy (non-hydrogen) atoms. The molecule has 0 radical (unpaired) electrons. The van der Waals surface area contributed by atoms with Crippen LogP contribution >= 0.6 is 0 Å². The van der Waals surface area contributed by atoms with Gasteiger partial charge in [0.2, 0.25) is 0 Å². The van der Waals surface area contributed by atoms with Gasteiger partial charge >= 0.3 is 0 Å². The monoisotopic (exact) mass is 217 g/mol. The first-order valence-corrected chi connectivity index (χ1v) is 5.60. The molecule has 3 rings (SSSR count). The van der Waals surface area contributed by atoms with Crippen LogP contribution in [-0.4, -0.2) is 26.7 Å². The minimum Gasteiger partial charge on any atom is -0.363 e. The maximum Gasteiger partial charge on any atom is 0.157 e. The Hall–Kier alpha value is -1.62. The van der Waals surface area contributed by atoms with Crippen LogP contribution in [0.3, 0.4) is 0 Å². The molecule has 2 heterocycles. The Morgan fingerprint density at radius 3 is 3.00 bits per heavy atom. The summed E-state index contributed by atoms with van der Waals surface area (Å²) in [6.07, 6.45) is 7.17. The predicted molar refractivity (Wildman–Crippen MR) is 62.2 cm³/mol. The third-order valence-electron chi connectivity index (χ3n) is 3.35. The van der Waals surface area contributed by atoms with Crippen molar-refractivity contribution in [2.24, 2.45) is 5.73 Å². The molecule has 1 saturated carbocycles. The Labute approximate surface area is 93.7 Å². The number of hydrogen-bond donors (Lipinski definition) is 2. The van der Waals surface area contributed by atoms with Crippen molar-refractivity contribution in [3.05, 3.63) is 24.5 Å². The first-order chi connectivity index (χ1) is 7.81. The lowest BCUT2D eigenvalue weighted by atomic mass is 9.77. The molecule has 5 heteroatoms. The van der Waals surface area contributed by atoms with Gasteiger partial charge in [0.15, 0.2) is 5.65 Å². The largest absolute Gasteiger partial charge is 0.363 e. The maximum atomic E-state index is 5.80. The number of anilines is 1. The van der Waals surface area contributed by atoms with Gasteiger partial charge in [-0.25, -0.2) is 9.50 Å². The second-order valence-electron chi connectivity index (χ2n) is 4.41. The smallest absolute Gasteiger partial charge is 0.157 e. The van der Waals surface area contributed by atoms with E-state index in [1.165, 1.54) is 6.42 Å². The Morgan fingerprint density at radius 2 is 2.31 bits per heavy atom. The van der Waals surface area contributed by atoms with Crippen LogP contribution in [0, 0.1) is 0 Å². The summed E-state index contributed by atoms with van der Waals surface area (Å²) in [5.41, 5.74) is 6.73. The van der Waals surface area contributed by atoms with E-state index in [1.807, 2.05) is 18.3 Å². The van der Waals surface area contributed by atoms with Gasteiger partial charge in [0.1, 0.15) is 5.82 Å². The minimum absolute atomic E-state index is 0.0748. The Balaban J connectivity index is 1.88. The molecule has 1 aliphatic rings. The van der Waals surface area contributed by atoms with Crippen LogP contribution in [0.5, 0.6) is 0 Å². The fourth-order valence-corrected chi connectivity index (χ4v) is 2.14. The summed E-state index contributed by atoms with van der Waals surface area (Å²) < 4.78 is 1.75. The van der Waals surface area contributed by atoms with Gasteiger partial charge in [0.25, 0.3) is 0 Å². The van der Waals surface area contributed by atoms with Crippen molar-refractivity contribution in [1.29, 1.82) is 0 Å². The van der Waals surface area contributed by atoms with Crippen molar-refractivity contribution in [3.8, 4) is 0 Å². The van der Waals surface area contributed by atoms with E-state index in [9.17, 15) is 0 Å². The van der Waals surface area contributed by atoms with Gasteiger partial charge in [-0.15, -0.1) is 0 Å². The molecule has 1 fully saturated rings. The first-order valence-electron chi connectivity index (χ1n) is 5.60. The quantitative estimate of drug-likeness (QED) is 0.805. The molecule has 0 atom stereocenters. The Kier molecular flexibility index (Phi) is 2.07. The average molecular weight is 217 g/mol. The normalized spacial score (nSPS) is 18.3. The van der Waals surface area contributed by atoms with E-state index in [4.69, 9.17) is 5.73 Å². The molecule has 1 aliphatic carbocycles. The third kappa shape index (κ3) is 1.44. The Bertz CT molecular complexity index is 494. The molecule has 0 unspecified atom stereocenters. The highest BCUT2D eigenvalue weighted by molar-refractivity contribution is 5.47.